The molecule has 0 fully saturated rings. The van der Waals surface area contributed by atoms with Crippen molar-refractivity contribution in [2.24, 2.45) is 0 Å². The Hall–Kier alpha value is -3.53. The van der Waals surface area contributed by atoms with E-state index in [4.69, 9.17) is 27.2 Å². The molecule has 2 atom stereocenters. The number of hydrogen-bond donors (Lipinski definition) is 3. The van der Waals surface area contributed by atoms with Crippen molar-refractivity contribution in [2.45, 2.75) is 32.5 Å². The summed E-state index contributed by atoms with van der Waals surface area (Å²) in [6, 6.07) is 26.0. The fourth-order valence-corrected chi connectivity index (χ4v) is 3.49. The van der Waals surface area contributed by atoms with E-state index >= 15 is 0 Å². The summed E-state index contributed by atoms with van der Waals surface area (Å²) in [5, 5.41) is 24.6. The van der Waals surface area contributed by atoms with Crippen molar-refractivity contribution >= 4 is 11.9 Å². The van der Waals surface area contributed by atoms with Gasteiger partial charge in [0.05, 0.1) is 30.2 Å². The first-order valence-corrected chi connectivity index (χ1v) is 11.2. The quantitative estimate of drug-likeness (QED) is 0.177. The minimum Gasteiger partial charge on any atom is -0.393 e. The molecule has 0 aliphatic carbocycles. The molecule has 2 unspecified atom stereocenters. The van der Waals surface area contributed by atoms with Gasteiger partial charge in [0.15, 0.2) is 5.69 Å². The number of nitrogens with one attached hydrogen (secondary N) is 1. The van der Waals surface area contributed by atoms with E-state index in [9.17, 15) is 0 Å². The Morgan fingerprint density at radius 1 is 1.00 bits per heavy atom. The SMILES string of the molecule is CC(O)CC(C)O.[C-]#[N+]c1ccc(C=N)cc1-c1cnc(-c2[c-]cccc2)c(-c2ccccc2)n1.[Ir]. The van der Waals surface area contributed by atoms with E-state index in [0.717, 1.165) is 22.5 Å². The average molecular weight is 656 g/mol. The number of benzene rings is 3. The molecule has 0 aliphatic heterocycles. The summed E-state index contributed by atoms with van der Waals surface area (Å²) in [6.07, 6.45) is 2.66. The topological polar surface area (TPSA) is 94.5 Å². The Balaban J connectivity index is 0.000000503. The van der Waals surface area contributed by atoms with Crippen LogP contribution in [0.1, 0.15) is 25.8 Å². The maximum Gasteiger partial charge on any atom is 0.196 e. The predicted molar refractivity (Wildman–Crippen MR) is 139 cm³/mol. The van der Waals surface area contributed by atoms with E-state index in [2.05, 4.69) is 15.9 Å². The van der Waals surface area contributed by atoms with Crippen LogP contribution in [0, 0.1) is 18.0 Å². The van der Waals surface area contributed by atoms with Crippen LogP contribution in [-0.4, -0.2) is 38.6 Å². The van der Waals surface area contributed by atoms with Crippen LogP contribution in [0.5, 0.6) is 0 Å². The molecule has 6 nitrogen and oxygen atoms in total. The van der Waals surface area contributed by atoms with Gasteiger partial charge in [-0.3, -0.25) is 4.98 Å². The van der Waals surface area contributed by atoms with Crippen LogP contribution in [0.4, 0.5) is 5.69 Å². The molecule has 0 amide bonds. The summed E-state index contributed by atoms with van der Waals surface area (Å²) in [4.78, 5) is 13.2. The van der Waals surface area contributed by atoms with E-state index in [1.54, 1.807) is 38.2 Å². The van der Waals surface area contributed by atoms with Crippen molar-refractivity contribution in [3.63, 3.8) is 0 Å². The van der Waals surface area contributed by atoms with Crippen molar-refractivity contribution in [3.8, 4) is 33.8 Å². The summed E-state index contributed by atoms with van der Waals surface area (Å²) < 4.78 is 0. The van der Waals surface area contributed by atoms with E-state index in [-0.39, 0.29) is 32.3 Å². The molecule has 0 aliphatic rings. The zero-order chi connectivity index (χ0) is 25.2. The summed E-state index contributed by atoms with van der Waals surface area (Å²) in [5.74, 6) is 0. The minimum absolute atomic E-state index is 0. The second-order valence-corrected chi connectivity index (χ2v) is 8.06. The van der Waals surface area contributed by atoms with E-state index in [1.807, 2.05) is 54.6 Å². The number of aromatic nitrogens is 2. The van der Waals surface area contributed by atoms with Crippen molar-refractivity contribution in [3.05, 3.63) is 102 Å². The molecule has 0 bridgehead atoms. The maximum atomic E-state index is 8.56. The van der Waals surface area contributed by atoms with Gasteiger partial charge in [0.1, 0.15) is 0 Å². The molecule has 7 heteroatoms. The summed E-state index contributed by atoms with van der Waals surface area (Å²) >= 11 is 0. The third kappa shape index (κ3) is 7.74. The summed E-state index contributed by atoms with van der Waals surface area (Å²) in [7, 11) is 0. The predicted octanol–water partition coefficient (Wildman–Crippen LogP) is 5.96. The Morgan fingerprint density at radius 3 is 2.25 bits per heavy atom. The first kappa shape index (κ1) is 28.7. The van der Waals surface area contributed by atoms with Crippen molar-refractivity contribution in [2.75, 3.05) is 0 Å². The van der Waals surface area contributed by atoms with Crippen LogP contribution < -0.4 is 0 Å². The van der Waals surface area contributed by atoms with Gasteiger partial charge in [0, 0.05) is 43.8 Å². The van der Waals surface area contributed by atoms with Gasteiger partial charge in [-0.15, -0.1) is 35.9 Å². The van der Waals surface area contributed by atoms with Crippen LogP contribution >= 0.6 is 0 Å². The monoisotopic (exact) mass is 656 g/mol. The third-order valence-corrected chi connectivity index (χ3v) is 5.05. The fraction of sp³-hybridized carbons (Fsp3) is 0.172. The fourth-order valence-electron chi connectivity index (χ4n) is 3.49. The molecule has 185 valence electrons. The molecule has 0 saturated carbocycles. The number of nitrogens with zero attached hydrogens (tertiary/aromatic N) is 3. The van der Waals surface area contributed by atoms with Gasteiger partial charge in [-0.1, -0.05) is 48.5 Å². The molecule has 1 heterocycles. The molecule has 3 N–H and O–H groups in total. The molecule has 0 spiro atoms. The molecule has 4 aromatic rings. The van der Waals surface area contributed by atoms with Crippen LogP contribution in [0.2, 0.25) is 0 Å². The zero-order valence-corrected chi connectivity index (χ0v) is 22.4. The Morgan fingerprint density at radius 2 is 1.69 bits per heavy atom. The largest absolute Gasteiger partial charge is 0.393 e. The maximum absolute atomic E-state index is 8.56. The molecule has 3 aromatic carbocycles. The summed E-state index contributed by atoms with van der Waals surface area (Å²) in [5.41, 5.74) is 5.75. The van der Waals surface area contributed by atoms with Gasteiger partial charge in [-0.25, -0.2) is 4.85 Å². The van der Waals surface area contributed by atoms with Crippen LogP contribution in [0.15, 0.2) is 79.0 Å². The number of aliphatic hydroxyl groups is 2. The van der Waals surface area contributed by atoms with Crippen molar-refractivity contribution < 1.29 is 30.3 Å². The molecule has 0 saturated heterocycles. The van der Waals surface area contributed by atoms with Gasteiger partial charge < -0.3 is 20.6 Å². The number of rotatable bonds is 6. The minimum atomic E-state index is -0.375. The van der Waals surface area contributed by atoms with Crippen molar-refractivity contribution in [1.82, 2.24) is 9.97 Å². The first-order chi connectivity index (χ1) is 16.9. The summed E-state index contributed by atoms with van der Waals surface area (Å²) in [6.45, 7) is 10.8. The van der Waals surface area contributed by atoms with Crippen LogP contribution in [0.25, 0.3) is 38.6 Å². The zero-order valence-electron chi connectivity index (χ0n) is 20.0. The molecule has 36 heavy (non-hydrogen) atoms. The molecule has 1 aromatic heterocycles. The Bertz CT molecular complexity index is 1300. The smallest absolute Gasteiger partial charge is 0.196 e. The van der Waals surface area contributed by atoms with E-state index in [0.29, 0.717) is 28.9 Å². The number of aliphatic hydroxyl groups excluding tert-OH is 2. The van der Waals surface area contributed by atoms with Gasteiger partial charge in [-0.05, 0) is 31.4 Å². The average Bonchev–Trinajstić information content (AvgIpc) is 2.88. The Labute approximate surface area is 225 Å². The van der Waals surface area contributed by atoms with Gasteiger partial charge in [-0.2, -0.15) is 0 Å². The van der Waals surface area contributed by atoms with Crippen molar-refractivity contribution in [1.29, 1.82) is 5.41 Å². The second kappa shape index (κ2) is 14.1. The third-order valence-electron chi connectivity index (χ3n) is 5.05. The molecular formula is C29H27IrN4O2-. The van der Waals surface area contributed by atoms with Gasteiger partial charge >= 0.3 is 0 Å². The van der Waals surface area contributed by atoms with E-state index < -0.39 is 0 Å². The normalized spacial score (nSPS) is 11.6. The molecule has 1 radical (unpaired) electrons. The molecular weight excluding hydrogens is 629 g/mol. The van der Waals surface area contributed by atoms with Gasteiger partial charge in [0.2, 0.25) is 0 Å². The van der Waals surface area contributed by atoms with Crippen LogP contribution in [0.3, 0.4) is 0 Å². The molecule has 4 rings (SSSR count). The van der Waals surface area contributed by atoms with Crippen LogP contribution in [-0.2, 0) is 20.1 Å². The Kier molecular flexibility index (Phi) is 11.3. The first-order valence-electron chi connectivity index (χ1n) is 11.2. The second-order valence-electron chi connectivity index (χ2n) is 8.06. The number of hydrogen-bond acceptors (Lipinski definition) is 5. The van der Waals surface area contributed by atoms with E-state index in [1.165, 1.54) is 6.21 Å². The standard InChI is InChI=1S/C24H15N4.C5H12O2.Ir/c1-26-21-13-12-17(15-25)14-20(21)22-16-27-23(18-8-4-2-5-9-18)24(28-22)19-10-6-3-7-11-19;1-4(6)3-5(2)7;/h2-8,10-16,25H;4-7H,3H2,1-2H3;/q-1;;. The van der Waals surface area contributed by atoms with Gasteiger partial charge in [0.25, 0.3) is 0 Å².